The summed E-state index contributed by atoms with van der Waals surface area (Å²) in [5.74, 6) is -0.0249. The van der Waals surface area contributed by atoms with E-state index >= 15 is 0 Å². The molecule has 1 aliphatic heterocycles. The van der Waals surface area contributed by atoms with E-state index in [1.165, 1.54) is 11.6 Å². The van der Waals surface area contributed by atoms with Crippen LogP contribution < -0.4 is 5.32 Å². The summed E-state index contributed by atoms with van der Waals surface area (Å²) in [5, 5.41) is 15.0. The van der Waals surface area contributed by atoms with Crippen molar-refractivity contribution in [2.75, 3.05) is 0 Å². The van der Waals surface area contributed by atoms with Crippen LogP contribution in [0.5, 0.6) is 0 Å². The van der Waals surface area contributed by atoms with E-state index in [1.54, 1.807) is 18.2 Å². The highest BCUT2D eigenvalue weighted by Crippen LogP contribution is 2.32. The van der Waals surface area contributed by atoms with Gasteiger partial charge in [0.1, 0.15) is 5.56 Å². The van der Waals surface area contributed by atoms with Crippen molar-refractivity contribution in [2.45, 2.75) is 19.8 Å². The van der Waals surface area contributed by atoms with Gasteiger partial charge in [-0.05, 0) is 35.8 Å². The molecule has 0 atom stereocenters. The Morgan fingerprint density at radius 3 is 2.70 bits per heavy atom. The standard InChI is InChI=1S/C21H17N3O3/c1-12(2)13-7-9-17-14(10-13)6-8-15(22-17)11-18-16-4-3-5-19(24(26)27)20(16)21(25)23-18/h3-12H,1-2H3,(H,23,25). The van der Waals surface area contributed by atoms with E-state index in [0.29, 0.717) is 22.9 Å². The number of pyridine rings is 1. The number of fused-ring (bicyclic) bond motifs is 2. The van der Waals surface area contributed by atoms with Gasteiger partial charge in [-0.1, -0.05) is 38.1 Å². The van der Waals surface area contributed by atoms with E-state index in [1.807, 2.05) is 18.2 Å². The predicted molar refractivity (Wildman–Crippen MR) is 104 cm³/mol. The SMILES string of the molecule is CC(C)c1ccc2nc(C=C3NC(=O)c4c3cccc4[N+](=O)[O-])ccc2c1. The fourth-order valence-corrected chi connectivity index (χ4v) is 3.27. The molecule has 134 valence electrons. The van der Waals surface area contributed by atoms with Gasteiger partial charge < -0.3 is 5.32 Å². The number of aromatic nitrogens is 1. The van der Waals surface area contributed by atoms with E-state index in [9.17, 15) is 14.9 Å². The second kappa shape index (κ2) is 6.32. The third kappa shape index (κ3) is 2.95. The average molecular weight is 359 g/mol. The minimum Gasteiger partial charge on any atom is -0.321 e. The molecule has 0 aliphatic carbocycles. The monoisotopic (exact) mass is 359 g/mol. The van der Waals surface area contributed by atoms with Crippen LogP contribution in [0.4, 0.5) is 5.69 Å². The molecule has 1 aliphatic rings. The molecule has 2 aromatic carbocycles. The molecule has 0 saturated carbocycles. The molecule has 3 aromatic rings. The number of nitro benzene ring substituents is 1. The molecule has 27 heavy (non-hydrogen) atoms. The van der Waals surface area contributed by atoms with E-state index in [0.717, 1.165) is 10.9 Å². The number of carbonyl (C=O) groups excluding carboxylic acids is 1. The molecule has 0 unspecified atom stereocenters. The zero-order valence-corrected chi connectivity index (χ0v) is 14.9. The third-order valence-electron chi connectivity index (χ3n) is 4.70. The van der Waals surface area contributed by atoms with Crippen LogP contribution in [0, 0.1) is 10.1 Å². The minimum absolute atomic E-state index is 0.0936. The van der Waals surface area contributed by atoms with Gasteiger partial charge in [0.15, 0.2) is 0 Å². The van der Waals surface area contributed by atoms with Gasteiger partial charge in [0.25, 0.3) is 11.6 Å². The first-order valence-corrected chi connectivity index (χ1v) is 8.65. The largest absolute Gasteiger partial charge is 0.321 e. The van der Waals surface area contributed by atoms with Gasteiger partial charge in [-0.3, -0.25) is 14.9 Å². The summed E-state index contributed by atoms with van der Waals surface area (Å²) in [5.41, 5.74) is 3.72. The van der Waals surface area contributed by atoms with E-state index in [-0.39, 0.29) is 11.3 Å². The van der Waals surface area contributed by atoms with Crippen molar-refractivity contribution in [1.82, 2.24) is 10.3 Å². The van der Waals surface area contributed by atoms with Crippen LogP contribution in [0.1, 0.15) is 46.9 Å². The lowest BCUT2D eigenvalue weighted by Crippen LogP contribution is -2.13. The first kappa shape index (κ1) is 16.9. The number of carbonyl (C=O) groups is 1. The van der Waals surface area contributed by atoms with E-state index in [2.05, 4.69) is 36.3 Å². The Kier molecular flexibility index (Phi) is 3.96. The third-order valence-corrected chi connectivity index (χ3v) is 4.70. The van der Waals surface area contributed by atoms with Crippen molar-refractivity contribution >= 4 is 34.3 Å². The van der Waals surface area contributed by atoms with Crippen LogP contribution in [-0.2, 0) is 0 Å². The smallest absolute Gasteiger partial charge is 0.282 e. The van der Waals surface area contributed by atoms with E-state index in [4.69, 9.17) is 0 Å². The van der Waals surface area contributed by atoms with Crippen LogP contribution in [0.3, 0.4) is 0 Å². The molecule has 0 spiro atoms. The zero-order valence-electron chi connectivity index (χ0n) is 14.9. The predicted octanol–water partition coefficient (Wildman–Crippen LogP) is 4.51. The van der Waals surface area contributed by atoms with Crippen molar-refractivity contribution < 1.29 is 9.72 Å². The lowest BCUT2D eigenvalue weighted by Gasteiger charge is -2.07. The number of nitrogens with one attached hydrogen (secondary N) is 1. The van der Waals surface area contributed by atoms with Crippen molar-refractivity contribution in [3.8, 4) is 0 Å². The van der Waals surface area contributed by atoms with Crippen LogP contribution in [0.2, 0.25) is 0 Å². The van der Waals surface area contributed by atoms with Gasteiger partial charge in [-0.25, -0.2) is 4.98 Å². The Balaban J connectivity index is 1.77. The molecular formula is C21H17N3O3. The molecule has 4 rings (SSSR count). The summed E-state index contributed by atoms with van der Waals surface area (Å²) >= 11 is 0. The highest BCUT2D eigenvalue weighted by molar-refractivity contribution is 6.14. The molecule has 0 radical (unpaired) electrons. The second-order valence-electron chi connectivity index (χ2n) is 6.81. The molecule has 1 N–H and O–H groups in total. The summed E-state index contributed by atoms with van der Waals surface area (Å²) in [7, 11) is 0. The number of hydrogen-bond donors (Lipinski definition) is 1. The van der Waals surface area contributed by atoms with Crippen LogP contribution in [0.25, 0.3) is 22.7 Å². The van der Waals surface area contributed by atoms with Crippen LogP contribution in [0.15, 0.2) is 48.5 Å². The Morgan fingerprint density at radius 2 is 1.96 bits per heavy atom. The molecule has 0 fully saturated rings. The molecule has 6 heteroatoms. The Morgan fingerprint density at radius 1 is 1.15 bits per heavy atom. The summed E-state index contributed by atoms with van der Waals surface area (Å²) in [4.78, 5) is 27.5. The molecular weight excluding hydrogens is 342 g/mol. The van der Waals surface area contributed by atoms with Gasteiger partial charge in [0, 0.05) is 17.0 Å². The Labute approximate surface area is 155 Å². The van der Waals surface area contributed by atoms with Crippen LogP contribution in [-0.4, -0.2) is 15.8 Å². The first-order chi connectivity index (χ1) is 12.9. The average Bonchev–Trinajstić information content (AvgIpc) is 2.97. The number of nitrogens with zero attached hydrogens (tertiary/aromatic N) is 2. The van der Waals surface area contributed by atoms with Gasteiger partial charge in [0.2, 0.25) is 0 Å². The normalized spacial score (nSPS) is 14.6. The zero-order chi connectivity index (χ0) is 19.1. The maximum absolute atomic E-state index is 12.2. The van der Waals surface area contributed by atoms with Crippen molar-refractivity contribution in [3.05, 3.63) is 81.0 Å². The Hall–Kier alpha value is -3.54. The topological polar surface area (TPSA) is 85.1 Å². The fourth-order valence-electron chi connectivity index (χ4n) is 3.27. The fraction of sp³-hybridized carbons (Fsp3) is 0.143. The first-order valence-electron chi connectivity index (χ1n) is 8.65. The molecule has 6 nitrogen and oxygen atoms in total. The number of rotatable bonds is 3. The summed E-state index contributed by atoms with van der Waals surface area (Å²) in [6, 6.07) is 14.6. The van der Waals surface area contributed by atoms with Crippen molar-refractivity contribution in [1.29, 1.82) is 0 Å². The van der Waals surface area contributed by atoms with Gasteiger partial charge >= 0.3 is 0 Å². The van der Waals surface area contributed by atoms with Crippen molar-refractivity contribution in [2.24, 2.45) is 0 Å². The molecule has 0 saturated heterocycles. The number of hydrogen-bond acceptors (Lipinski definition) is 4. The van der Waals surface area contributed by atoms with Gasteiger partial charge in [-0.15, -0.1) is 0 Å². The highest BCUT2D eigenvalue weighted by atomic mass is 16.6. The number of amides is 1. The Bertz CT molecular complexity index is 1130. The molecule has 2 heterocycles. The van der Waals surface area contributed by atoms with E-state index < -0.39 is 10.8 Å². The van der Waals surface area contributed by atoms with Gasteiger partial charge in [-0.2, -0.15) is 0 Å². The summed E-state index contributed by atoms with van der Waals surface area (Å²) in [6.45, 7) is 4.29. The number of nitro groups is 1. The lowest BCUT2D eigenvalue weighted by atomic mass is 10.0. The van der Waals surface area contributed by atoms with Crippen LogP contribution >= 0.6 is 0 Å². The molecule has 0 bridgehead atoms. The molecule has 1 aromatic heterocycles. The maximum Gasteiger partial charge on any atom is 0.282 e. The quantitative estimate of drug-likeness (QED) is 0.551. The minimum atomic E-state index is -0.540. The second-order valence-corrected chi connectivity index (χ2v) is 6.81. The molecule has 1 amide bonds. The maximum atomic E-state index is 12.2. The van der Waals surface area contributed by atoms with Gasteiger partial charge in [0.05, 0.1) is 21.8 Å². The number of benzene rings is 2. The summed E-state index contributed by atoms with van der Waals surface area (Å²) < 4.78 is 0. The highest BCUT2D eigenvalue weighted by Gasteiger charge is 2.31. The van der Waals surface area contributed by atoms with Crippen molar-refractivity contribution in [3.63, 3.8) is 0 Å². The summed E-state index contributed by atoms with van der Waals surface area (Å²) in [6.07, 6.45) is 1.74. The lowest BCUT2D eigenvalue weighted by molar-refractivity contribution is -0.385.